The largest absolute Gasteiger partial charge is 0.497 e. The molecule has 6 nitrogen and oxygen atoms in total. The van der Waals surface area contributed by atoms with Crippen LogP contribution in [-0.4, -0.2) is 31.8 Å². The number of hydrogen-bond donors (Lipinski definition) is 1. The summed E-state index contributed by atoms with van der Waals surface area (Å²) in [5, 5.41) is 6.39. The molecular formula is C15H16N2O4. The average molecular weight is 288 g/mol. The zero-order valence-corrected chi connectivity index (χ0v) is 11.9. The molecule has 0 atom stereocenters. The summed E-state index contributed by atoms with van der Waals surface area (Å²) >= 11 is 0. The van der Waals surface area contributed by atoms with Crippen molar-refractivity contribution in [2.45, 2.75) is 0 Å². The lowest BCUT2D eigenvalue weighted by Gasteiger charge is -2.07. The Morgan fingerprint density at radius 1 is 1.38 bits per heavy atom. The minimum absolute atomic E-state index is 0.191. The van der Waals surface area contributed by atoms with E-state index in [1.165, 1.54) is 0 Å². The molecule has 110 valence electrons. The summed E-state index contributed by atoms with van der Waals surface area (Å²) in [4.78, 5) is 11.8. The van der Waals surface area contributed by atoms with Gasteiger partial charge >= 0.3 is 0 Å². The number of rotatable bonds is 6. The van der Waals surface area contributed by atoms with Crippen molar-refractivity contribution >= 4 is 5.91 Å². The van der Waals surface area contributed by atoms with Crippen molar-refractivity contribution in [3.63, 3.8) is 0 Å². The molecule has 0 fully saturated rings. The Morgan fingerprint density at radius 3 is 2.86 bits per heavy atom. The summed E-state index contributed by atoms with van der Waals surface area (Å²) in [5.74, 6) is 1.35. The molecule has 0 aliphatic rings. The molecule has 0 bridgehead atoms. The van der Waals surface area contributed by atoms with Gasteiger partial charge in [0.05, 0.1) is 19.8 Å². The summed E-state index contributed by atoms with van der Waals surface area (Å²) in [6.07, 6.45) is 1.59. The van der Waals surface area contributed by atoms with Gasteiger partial charge in [-0.15, -0.1) is 6.58 Å². The summed E-state index contributed by atoms with van der Waals surface area (Å²) < 4.78 is 15.7. The van der Waals surface area contributed by atoms with E-state index in [0.717, 1.165) is 0 Å². The van der Waals surface area contributed by atoms with E-state index in [2.05, 4.69) is 17.1 Å². The fourth-order valence-electron chi connectivity index (χ4n) is 1.77. The van der Waals surface area contributed by atoms with Crippen LogP contribution in [0.4, 0.5) is 0 Å². The second-order valence-electron chi connectivity index (χ2n) is 4.14. The van der Waals surface area contributed by atoms with Gasteiger partial charge in [-0.25, -0.2) is 0 Å². The quantitative estimate of drug-likeness (QED) is 0.825. The number of nitrogens with one attached hydrogen (secondary N) is 1. The predicted octanol–water partition coefficient (Wildman–Crippen LogP) is 2.27. The van der Waals surface area contributed by atoms with Crippen LogP contribution in [-0.2, 0) is 0 Å². The predicted molar refractivity (Wildman–Crippen MR) is 77.6 cm³/mol. The maximum Gasteiger partial charge on any atom is 0.273 e. The first-order valence-electron chi connectivity index (χ1n) is 6.27. The molecule has 6 heteroatoms. The minimum atomic E-state index is -0.327. The zero-order chi connectivity index (χ0) is 15.2. The molecular weight excluding hydrogens is 272 g/mol. The molecule has 1 aromatic carbocycles. The molecule has 0 radical (unpaired) electrons. The number of nitrogens with zero attached hydrogens (tertiary/aromatic N) is 1. The van der Waals surface area contributed by atoms with E-state index in [-0.39, 0.29) is 11.6 Å². The van der Waals surface area contributed by atoms with Crippen molar-refractivity contribution in [2.24, 2.45) is 0 Å². The van der Waals surface area contributed by atoms with Crippen LogP contribution < -0.4 is 14.8 Å². The van der Waals surface area contributed by atoms with Crippen molar-refractivity contribution in [3.05, 3.63) is 42.6 Å². The fourth-order valence-corrected chi connectivity index (χ4v) is 1.77. The van der Waals surface area contributed by atoms with Crippen LogP contribution in [0.1, 0.15) is 10.5 Å². The van der Waals surface area contributed by atoms with Gasteiger partial charge in [0, 0.05) is 12.6 Å². The van der Waals surface area contributed by atoms with Crippen molar-refractivity contribution < 1.29 is 18.8 Å². The van der Waals surface area contributed by atoms with Crippen molar-refractivity contribution in [2.75, 3.05) is 20.8 Å². The maximum absolute atomic E-state index is 11.8. The molecule has 0 spiro atoms. The van der Waals surface area contributed by atoms with Gasteiger partial charge in [-0.1, -0.05) is 11.2 Å². The lowest BCUT2D eigenvalue weighted by molar-refractivity contribution is 0.0949. The molecule has 1 aromatic heterocycles. The third kappa shape index (κ3) is 3.22. The van der Waals surface area contributed by atoms with Crippen LogP contribution in [0.3, 0.4) is 0 Å². The average Bonchev–Trinajstić information content (AvgIpc) is 3.01. The third-order valence-corrected chi connectivity index (χ3v) is 2.82. The van der Waals surface area contributed by atoms with E-state index in [1.54, 1.807) is 44.6 Å². The van der Waals surface area contributed by atoms with E-state index in [9.17, 15) is 4.79 Å². The standard InChI is InChI=1S/C15H16N2O4/c1-4-7-16-15(18)12-9-14(21-17-12)11-8-10(19-2)5-6-13(11)20-3/h4-6,8-9H,1,7H2,2-3H3,(H,16,18). The highest BCUT2D eigenvalue weighted by atomic mass is 16.5. The summed E-state index contributed by atoms with van der Waals surface area (Å²) in [5.41, 5.74) is 0.851. The van der Waals surface area contributed by atoms with E-state index in [1.807, 2.05) is 0 Å². The normalized spacial score (nSPS) is 10.0. The Balaban J connectivity index is 2.32. The van der Waals surface area contributed by atoms with Crippen LogP contribution in [0.15, 0.2) is 41.4 Å². The SMILES string of the molecule is C=CCNC(=O)c1cc(-c2cc(OC)ccc2OC)on1. The van der Waals surface area contributed by atoms with Crippen LogP contribution in [0.25, 0.3) is 11.3 Å². The van der Waals surface area contributed by atoms with Gasteiger partial charge in [-0.2, -0.15) is 0 Å². The topological polar surface area (TPSA) is 73.6 Å². The zero-order valence-electron chi connectivity index (χ0n) is 11.9. The van der Waals surface area contributed by atoms with Gasteiger partial charge in [-0.3, -0.25) is 4.79 Å². The van der Waals surface area contributed by atoms with Crippen molar-refractivity contribution in [1.82, 2.24) is 10.5 Å². The van der Waals surface area contributed by atoms with E-state index < -0.39 is 0 Å². The van der Waals surface area contributed by atoms with Crippen LogP contribution in [0, 0.1) is 0 Å². The van der Waals surface area contributed by atoms with Gasteiger partial charge in [0.25, 0.3) is 5.91 Å². The number of ether oxygens (including phenoxy) is 2. The first-order chi connectivity index (χ1) is 10.2. The summed E-state index contributed by atoms with van der Waals surface area (Å²) in [7, 11) is 3.12. The number of aromatic nitrogens is 1. The second-order valence-corrected chi connectivity index (χ2v) is 4.14. The molecule has 0 aliphatic heterocycles. The van der Waals surface area contributed by atoms with Crippen LogP contribution >= 0.6 is 0 Å². The molecule has 1 heterocycles. The Morgan fingerprint density at radius 2 is 2.19 bits per heavy atom. The van der Waals surface area contributed by atoms with Crippen LogP contribution in [0.5, 0.6) is 11.5 Å². The lowest BCUT2D eigenvalue weighted by Crippen LogP contribution is -2.23. The molecule has 0 unspecified atom stereocenters. The molecule has 21 heavy (non-hydrogen) atoms. The Bertz CT molecular complexity index is 649. The first-order valence-corrected chi connectivity index (χ1v) is 6.27. The molecule has 1 amide bonds. The first kappa shape index (κ1) is 14.6. The monoisotopic (exact) mass is 288 g/mol. The number of hydrogen-bond acceptors (Lipinski definition) is 5. The van der Waals surface area contributed by atoms with E-state index in [0.29, 0.717) is 29.4 Å². The molecule has 0 saturated carbocycles. The highest BCUT2D eigenvalue weighted by Crippen LogP contribution is 2.33. The fraction of sp³-hybridized carbons (Fsp3) is 0.200. The number of amides is 1. The van der Waals surface area contributed by atoms with Gasteiger partial charge < -0.3 is 19.3 Å². The summed E-state index contributed by atoms with van der Waals surface area (Å²) in [6, 6.07) is 6.84. The van der Waals surface area contributed by atoms with Crippen molar-refractivity contribution in [3.8, 4) is 22.8 Å². The lowest BCUT2D eigenvalue weighted by atomic mass is 10.1. The second kappa shape index (κ2) is 6.60. The molecule has 0 aliphatic carbocycles. The smallest absolute Gasteiger partial charge is 0.273 e. The number of benzene rings is 1. The van der Waals surface area contributed by atoms with Gasteiger partial charge in [0.15, 0.2) is 11.5 Å². The van der Waals surface area contributed by atoms with Gasteiger partial charge in [0.1, 0.15) is 11.5 Å². The Hall–Kier alpha value is -2.76. The number of carbonyl (C=O) groups is 1. The summed E-state index contributed by atoms with van der Waals surface area (Å²) in [6.45, 7) is 3.90. The number of methoxy groups -OCH3 is 2. The Kier molecular flexibility index (Phi) is 4.61. The highest BCUT2D eigenvalue weighted by Gasteiger charge is 2.16. The number of carbonyl (C=O) groups excluding carboxylic acids is 1. The van der Waals surface area contributed by atoms with Gasteiger partial charge in [0.2, 0.25) is 0 Å². The van der Waals surface area contributed by atoms with Gasteiger partial charge in [-0.05, 0) is 18.2 Å². The molecule has 2 rings (SSSR count). The Labute approximate surface area is 122 Å². The minimum Gasteiger partial charge on any atom is -0.497 e. The molecule has 1 N–H and O–H groups in total. The van der Waals surface area contributed by atoms with Crippen molar-refractivity contribution in [1.29, 1.82) is 0 Å². The molecule has 2 aromatic rings. The molecule has 0 saturated heterocycles. The highest BCUT2D eigenvalue weighted by molar-refractivity contribution is 5.93. The van der Waals surface area contributed by atoms with E-state index >= 15 is 0 Å². The van der Waals surface area contributed by atoms with Crippen LogP contribution in [0.2, 0.25) is 0 Å². The maximum atomic E-state index is 11.8. The van der Waals surface area contributed by atoms with E-state index in [4.69, 9.17) is 14.0 Å². The third-order valence-electron chi connectivity index (χ3n) is 2.82.